The number of nitrogens with one attached hydrogen (secondary N) is 1. The molecule has 0 aliphatic carbocycles. The Labute approximate surface area is 102 Å². The number of carboxylic acids is 1. The molecule has 2 amide bonds. The van der Waals surface area contributed by atoms with Crippen LogP contribution in [-0.2, 0) is 4.79 Å². The minimum Gasteiger partial charge on any atom is -0.480 e. The maximum atomic E-state index is 12.1. The average molecular weight is 243 g/mol. The second-order valence-corrected chi connectivity index (χ2v) is 4.30. The predicted molar refractivity (Wildman–Crippen MR) is 63.9 cm³/mol. The van der Waals surface area contributed by atoms with Gasteiger partial charge in [0.15, 0.2) is 0 Å². The molecule has 0 saturated carbocycles. The molecule has 0 atom stereocenters. The van der Waals surface area contributed by atoms with Crippen molar-refractivity contribution in [1.82, 2.24) is 15.1 Å². The fourth-order valence-electron chi connectivity index (χ4n) is 2.16. The number of carbonyl (C=O) groups excluding carboxylic acids is 1. The van der Waals surface area contributed by atoms with Gasteiger partial charge in [-0.1, -0.05) is 0 Å². The van der Waals surface area contributed by atoms with Crippen LogP contribution in [0.15, 0.2) is 0 Å². The highest BCUT2D eigenvalue weighted by atomic mass is 16.4. The fraction of sp³-hybridized carbons (Fsp3) is 0.818. The molecule has 1 aliphatic rings. The third kappa shape index (κ3) is 3.89. The number of carboxylic acid groups (broad SMARTS) is 1. The highest BCUT2D eigenvalue weighted by Crippen LogP contribution is 2.13. The van der Waals surface area contributed by atoms with Crippen molar-refractivity contribution >= 4 is 12.0 Å². The Bertz CT molecular complexity index is 277. The molecule has 1 saturated heterocycles. The van der Waals surface area contributed by atoms with Crippen LogP contribution in [0.4, 0.5) is 4.79 Å². The number of aliphatic carboxylic acids is 1. The van der Waals surface area contributed by atoms with Crippen LogP contribution in [-0.4, -0.2) is 66.2 Å². The van der Waals surface area contributed by atoms with Crippen molar-refractivity contribution in [2.24, 2.45) is 0 Å². The first kappa shape index (κ1) is 13.8. The van der Waals surface area contributed by atoms with Gasteiger partial charge in [-0.15, -0.1) is 0 Å². The monoisotopic (exact) mass is 243 g/mol. The van der Waals surface area contributed by atoms with Crippen molar-refractivity contribution in [3.05, 3.63) is 0 Å². The second kappa shape index (κ2) is 6.44. The topological polar surface area (TPSA) is 72.9 Å². The van der Waals surface area contributed by atoms with Crippen LogP contribution in [0.3, 0.4) is 0 Å². The molecule has 1 rings (SSSR count). The maximum absolute atomic E-state index is 12.1. The summed E-state index contributed by atoms with van der Waals surface area (Å²) in [7, 11) is 1.53. The van der Waals surface area contributed by atoms with Crippen LogP contribution in [0.1, 0.15) is 19.8 Å². The Morgan fingerprint density at radius 1 is 1.35 bits per heavy atom. The molecule has 1 heterocycles. The van der Waals surface area contributed by atoms with Gasteiger partial charge in [0, 0.05) is 19.6 Å². The summed E-state index contributed by atoms with van der Waals surface area (Å²) in [6.07, 6.45) is 1.86. The van der Waals surface area contributed by atoms with E-state index in [1.54, 1.807) is 4.90 Å². The molecule has 0 spiro atoms. The first-order valence-electron chi connectivity index (χ1n) is 6.00. The minimum absolute atomic E-state index is 0.193. The number of nitrogens with zero attached hydrogens (tertiary/aromatic N) is 2. The number of piperidine rings is 1. The van der Waals surface area contributed by atoms with E-state index in [0.717, 1.165) is 25.9 Å². The zero-order chi connectivity index (χ0) is 12.8. The molecule has 0 radical (unpaired) electrons. The van der Waals surface area contributed by atoms with Gasteiger partial charge >= 0.3 is 12.0 Å². The van der Waals surface area contributed by atoms with E-state index in [4.69, 9.17) is 5.11 Å². The minimum atomic E-state index is -0.984. The molecule has 0 bridgehead atoms. The van der Waals surface area contributed by atoms with Gasteiger partial charge in [-0.05, 0) is 32.9 Å². The van der Waals surface area contributed by atoms with Crippen molar-refractivity contribution in [2.75, 3.05) is 33.2 Å². The lowest BCUT2D eigenvalue weighted by Gasteiger charge is -2.36. The predicted octanol–water partition coefficient (Wildman–Crippen LogP) is 0.197. The van der Waals surface area contributed by atoms with Crippen LogP contribution in [0.25, 0.3) is 0 Å². The van der Waals surface area contributed by atoms with Crippen LogP contribution >= 0.6 is 0 Å². The zero-order valence-corrected chi connectivity index (χ0v) is 10.5. The van der Waals surface area contributed by atoms with Crippen LogP contribution in [0.2, 0.25) is 0 Å². The van der Waals surface area contributed by atoms with E-state index in [1.165, 1.54) is 11.9 Å². The van der Waals surface area contributed by atoms with Crippen LogP contribution in [0.5, 0.6) is 0 Å². The van der Waals surface area contributed by atoms with Crippen molar-refractivity contribution in [1.29, 1.82) is 0 Å². The van der Waals surface area contributed by atoms with Gasteiger partial charge in [-0.25, -0.2) is 4.79 Å². The third-order valence-corrected chi connectivity index (χ3v) is 3.03. The maximum Gasteiger partial charge on any atom is 0.323 e. The molecule has 0 unspecified atom stereocenters. The highest BCUT2D eigenvalue weighted by Gasteiger charge is 2.26. The fourth-order valence-corrected chi connectivity index (χ4v) is 2.16. The molecule has 6 heteroatoms. The summed E-state index contributed by atoms with van der Waals surface area (Å²) < 4.78 is 0. The summed E-state index contributed by atoms with van der Waals surface area (Å²) in [6, 6.07) is 0.0341. The largest absolute Gasteiger partial charge is 0.480 e. The first-order chi connectivity index (χ1) is 8.06. The molecule has 17 heavy (non-hydrogen) atoms. The van der Waals surface area contributed by atoms with Gasteiger partial charge in [0.05, 0.1) is 0 Å². The van der Waals surface area contributed by atoms with E-state index >= 15 is 0 Å². The number of likely N-dealkylation sites (N-methyl/N-ethyl adjacent to an activating group) is 1. The number of amides is 2. The van der Waals surface area contributed by atoms with Gasteiger partial charge in [0.1, 0.15) is 6.54 Å². The lowest BCUT2D eigenvalue weighted by Crippen LogP contribution is -2.51. The Morgan fingerprint density at radius 2 is 1.94 bits per heavy atom. The summed E-state index contributed by atoms with van der Waals surface area (Å²) in [5.41, 5.74) is 0. The normalized spacial score (nSPS) is 16.6. The quantitative estimate of drug-likeness (QED) is 0.739. The van der Waals surface area contributed by atoms with Gasteiger partial charge in [0.2, 0.25) is 0 Å². The molecule has 2 N–H and O–H groups in total. The van der Waals surface area contributed by atoms with Gasteiger partial charge < -0.3 is 20.2 Å². The van der Waals surface area contributed by atoms with E-state index in [0.29, 0.717) is 6.54 Å². The first-order valence-corrected chi connectivity index (χ1v) is 6.00. The van der Waals surface area contributed by atoms with Crippen molar-refractivity contribution in [2.45, 2.75) is 25.8 Å². The SMILES string of the molecule is CCN(C(=O)N(C)CC(=O)O)C1CCNCC1. The van der Waals surface area contributed by atoms with E-state index in [1.807, 2.05) is 6.92 Å². The van der Waals surface area contributed by atoms with Crippen LogP contribution < -0.4 is 5.32 Å². The van der Waals surface area contributed by atoms with E-state index in [9.17, 15) is 9.59 Å². The third-order valence-electron chi connectivity index (χ3n) is 3.03. The number of carbonyl (C=O) groups is 2. The molecule has 1 fully saturated rings. The Kier molecular flexibility index (Phi) is 5.21. The summed E-state index contributed by atoms with van der Waals surface area (Å²) >= 11 is 0. The van der Waals surface area contributed by atoms with Crippen LogP contribution in [0, 0.1) is 0 Å². The molecule has 0 aromatic heterocycles. The Hall–Kier alpha value is -1.30. The summed E-state index contributed by atoms with van der Waals surface area (Å²) in [5, 5.41) is 11.9. The smallest absolute Gasteiger partial charge is 0.323 e. The molecule has 0 aromatic rings. The molecule has 1 aliphatic heterocycles. The summed E-state index contributed by atoms with van der Waals surface area (Å²) in [5.74, 6) is -0.984. The van der Waals surface area contributed by atoms with E-state index in [-0.39, 0.29) is 18.6 Å². The molecular formula is C11H21N3O3. The zero-order valence-electron chi connectivity index (χ0n) is 10.5. The summed E-state index contributed by atoms with van der Waals surface area (Å²) in [4.78, 5) is 25.7. The molecule has 6 nitrogen and oxygen atoms in total. The molecule has 0 aromatic carbocycles. The lowest BCUT2D eigenvalue weighted by atomic mass is 10.1. The lowest BCUT2D eigenvalue weighted by molar-refractivity contribution is -0.137. The molecule has 98 valence electrons. The number of hydrogen-bond donors (Lipinski definition) is 2. The number of urea groups is 1. The average Bonchev–Trinajstić information content (AvgIpc) is 2.30. The molecular weight excluding hydrogens is 222 g/mol. The van der Waals surface area contributed by atoms with Gasteiger partial charge in [0.25, 0.3) is 0 Å². The van der Waals surface area contributed by atoms with Crippen molar-refractivity contribution < 1.29 is 14.7 Å². The number of rotatable bonds is 4. The second-order valence-electron chi connectivity index (χ2n) is 4.30. The Balaban J connectivity index is 2.58. The highest BCUT2D eigenvalue weighted by molar-refractivity contribution is 5.80. The van der Waals surface area contributed by atoms with E-state index < -0.39 is 5.97 Å². The van der Waals surface area contributed by atoms with Crippen molar-refractivity contribution in [3.63, 3.8) is 0 Å². The summed E-state index contributed by atoms with van der Waals surface area (Å²) in [6.45, 7) is 4.12. The van der Waals surface area contributed by atoms with Crippen molar-refractivity contribution in [3.8, 4) is 0 Å². The number of hydrogen-bond acceptors (Lipinski definition) is 3. The Morgan fingerprint density at radius 3 is 2.41 bits per heavy atom. The van der Waals surface area contributed by atoms with Gasteiger partial charge in [-0.3, -0.25) is 4.79 Å². The van der Waals surface area contributed by atoms with Gasteiger partial charge in [-0.2, -0.15) is 0 Å². The van der Waals surface area contributed by atoms with E-state index in [2.05, 4.69) is 5.32 Å². The standard InChI is InChI=1S/C11H21N3O3/c1-3-14(9-4-6-12-7-5-9)11(17)13(2)8-10(15)16/h9,12H,3-8H2,1-2H3,(H,15,16).